The summed E-state index contributed by atoms with van der Waals surface area (Å²) in [5, 5.41) is 20.9. The van der Waals surface area contributed by atoms with E-state index >= 15 is 0 Å². The normalized spacial score (nSPS) is 28.1. The zero-order chi connectivity index (χ0) is 29.1. The molecular weight excluding hydrogens is 571 g/mol. The third kappa shape index (κ3) is 5.22. The number of imidazole rings is 2. The largest absolute Gasteiger partial charge is 0.472 e. The van der Waals surface area contributed by atoms with Gasteiger partial charge in [0.1, 0.15) is 24.7 Å². The quantitative estimate of drug-likeness (QED) is 0.107. The third-order valence-corrected chi connectivity index (χ3v) is 7.68. The number of aliphatic hydroxyl groups is 2. The van der Waals surface area contributed by atoms with E-state index in [9.17, 15) is 29.3 Å². The minimum atomic E-state index is -4.68. The van der Waals surface area contributed by atoms with Crippen LogP contribution in [0.4, 0.5) is 11.9 Å². The highest BCUT2D eigenvalue weighted by molar-refractivity contribution is 7.47. The average Bonchev–Trinajstić information content (AvgIpc) is 3.67. The fourth-order valence-corrected chi connectivity index (χ4v) is 5.50. The number of aromatic amines is 2. The molecule has 0 spiro atoms. The Kier molecular flexibility index (Phi) is 6.86. The van der Waals surface area contributed by atoms with Gasteiger partial charge in [0, 0.05) is 12.8 Å². The van der Waals surface area contributed by atoms with E-state index in [1.54, 1.807) is 0 Å². The summed E-state index contributed by atoms with van der Waals surface area (Å²) in [4.78, 5) is 55.0. The lowest BCUT2D eigenvalue weighted by Crippen LogP contribution is -2.28. The predicted molar refractivity (Wildman–Crippen MR) is 136 cm³/mol. The van der Waals surface area contributed by atoms with Gasteiger partial charge in [0.05, 0.1) is 38.1 Å². The van der Waals surface area contributed by atoms with Gasteiger partial charge in [0.25, 0.3) is 11.1 Å². The number of aromatic nitrogens is 8. The van der Waals surface area contributed by atoms with Crippen molar-refractivity contribution < 1.29 is 38.2 Å². The molecule has 41 heavy (non-hydrogen) atoms. The summed E-state index contributed by atoms with van der Waals surface area (Å²) in [5.41, 5.74) is 10.5. The number of nitrogen functional groups attached to an aromatic ring is 2. The molecule has 220 valence electrons. The summed E-state index contributed by atoms with van der Waals surface area (Å²) >= 11 is 0. The van der Waals surface area contributed by atoms with Crippen LogP contribution in [0.3, 0.4) is 0 Å². The predicted octanol–water partition coefficient (Wildman–Crippen LogP) is -2.15. The first-order chi connectivity index (χ1) is 19.5. The van der Waals surface area contributed by atoms with E-state index in [4.69, 9.17) is 30.0 Å². The Bertz CT molecular complexity index is 1640. The summed E-state index contributed by atoms with van der Waals surface area (Å²) in [5.74, 6) is -0.252. The Morgan fingerprint density at radius 1 is 0.878 bits per heavy atom. The van der Waals surface area contributed by atoms with Crippen LogP contribution in [0.5, 0.6) is 0 Å². The number of H-pyrrole nitrogens is 2. The lowest BCUT2D eigenvalue weighted by atomic mass is 10.2. The van der Waals surface area contributed by atoms with Crippen molar-refractivity contribution in [1.29, 1.82) is 0 Å². The van der Waals surface area contributed by atoms with Crippen LogP contribution < -0.4 is 22.6 Å². The fourth-order valence-electron chi connectivity index (χ4n) is 4.75. The van der Waals surface area contributed by atoms with Crippen molar-refractivity contribution in [3.63, 3.8) is 0 Å². The molecule has 6 rings (SSSR count). The molecule has 2 aliphatic rings. The van der Waals surface area contributed by atoms with E-state index in [0.29, 0.717) is 0 Å². The van der Waals surface area contributed by atoms with Crippen LogP contribution in [0.1, 0.15) is 25.3 Å². The minimum absolute atomic E-state index is 0.0269. The Morgan fingerprint density at radius 3 is 1.71 bits per heavy atom. The van der Waals surface area contributed by atoms with Gasteiger partial charge >= 0.3 is 7.82 Å². The molecule has 4 unspecified atom stereocenters. The highest BCUT2D eigenvalue weighted by Gasteiger charge is 2.40. The number of fused-ring (bicyclic) bond motifs is 2. The number of hydrogen-bond donors (Lipinski definition) is 7. The van der Waals surface area contributed by atoms with Crippen LogP contribution in [0.2, 0.25) is 0 Å². The molecule has 4 aromatic heterocycles. The summed E-state index contributed by atoms with van der Waals surface area (Å²) in [6.45, 7) is -1.04. The monoisotopic (exact) mass is 596 g/mol. The van der Waals surface area contributed by atoms with Crippen molar-refractivity contribution in [2.24, 2.45) is 0 Å². The summed E-state index contributed by atoms with van der Waals surface area (Å²) in [6, 6.07) is 0. The van der Waals surface area contributed by atoms with Crippen LogP contribution in [-0.2, 0) is 23.1 Å². The molecule has 4 aromatic rings. The number of anilines is 2. The molecule has 0 amide bonds. The van der Waals surface area contributed by atoms with E-state index in [1.165, 1.54) is 21.8 Å². The molecule has 6 heterocycles. The molecule has 2 saturated heterocycles. The van der Waals surface area contributed by atoms with Gasteiger partial charge < -0.3 is 36.0 Å². The summed E-state index contributed by atoms with van der Waals surface area (Å²) < 4.78 is 36.9. The highest BCUT2D eigenvalue weighted by atomic mass is 31.2. The maximum absolute atomic E-state index is 12.5. The molecular formula is C20H25N10O10P. The lowest BCUT2D eigenvalue weighted by molar-refractivity contribution is -0.0559. The number of ether oxygens (including phenoxy) is 2. The molecule has 0 saturated carbocycles. The Balaban J connectivity index is 1.05. The fraction of sp³-hybridized carbons (Fsp3) is 0.500. The molecule has 20 nitrogen and oxygen atoms in total. The topological polar surface area (TPSA) is 294 Å². The van der Waals surface area contributed by atoms with Gasteiger partial charge in [-0.1, -0.05) is 0 Å². The van der Waals surface area contributed by atoms with Crippen LogP contribution in [0, 0.1) is 0 Å². The second-order valence-electron chi connectivity index (χ2n) is 9.47. The number of hydrogen-bond acceptors (Lipinski definition) is 15. The number of nitrogens with zero attached hydrogens (tertiary/aromatic N) is 6. The van der Waals surface area contributed by atoms with Crippen molar-refractivity contribution in [1.82, 2.24) is 39.0 Å². The van der Waals surface area contributed by atoms with Gasteiger partial charge in [-0.25, -0.2) is 14.5 Å². The average molecular weight is 596 g/mol. The number of nitrogens with one attached hydrogen (secondary N) is 2. The first kappa shape index (κ1) is 27.4. The Labute approximate surface area is 227 Å². The first-order valence-electron chi connectivity index (χ1n) is 12.2. The van der Waals surface area contributed by atoms with Gasteiger partial charge in [0.2, 0.25) is 11.9 Å². The standard InChI is InChI=1S/C20H25N10O10P/c21-19-25-15-13(17(33)27-19)23-5-29(15)11-1-7(31)9(39-11)3-37-41(35,36)38-4-10-8(32)2-12(40-10)30-6-24-14-16(30)26-20(22)28-18(14)34/h5-12,31-32H,1-4H2,(H,35,36)(H3,21,25,27,33)(H3,22,26,28,34)/t7?,8?,9-,10-,11-,12?/m1/s1. The number of nitrogens with two attached hydrogens (primary N) is 2. The maximum atomic E-state index is 12.5. The number of phosphoric ester groups is 1. The molecule has 2 fully saturated rings. The molecule has 21 heteroatoms. The summed E-state index contributed by atoms with van der Waals surface area (Å²) in [6.07, 6.45) is -3.18. The number of aliphatic hydroxyl groups excluding tert-OH is 2. The van der Waals surface area contributed by atoms with Crippen molar-refractivity contribution in [3.05, 3.63) is 33.4 Å². The molecule has 0 aromatic carbocycles. The molecule has 0 bridgehead atoms. The zero-order valence-electron chi connectivity index (χ0n) is 20.9. The molecule has 0 aliphatic carbocycles. The van der Waals surface area contributed by atoms with E-state index in [1.807, 2.05) is 0 Å². The van der Waals surface area contributed by atoms with Crippen LogP contribution >= 0.6 is 7.82 Å². The van der Waals surface area contributed by atoms with E-state index < -0.39 is 69.0 Å². The van der Waals surface area contributed by atoms with Crippen LogP contribution in [-0.4, -0.2) is 91.8 Å². The van der Waals surface area contributed by atoms with Crippen LogP contribution in [0.25, 0.3) is 22.3 Å². The molecule has 9 N–H and O–H groups in total. The van der Waals surface area contributed by atoms with Gasteiger partial charge in [-0.2, -0.15) is 9.97 Å². The smallest absolute Gasteiger partial charge is 0.390 e. The number of phosphoric acid groups is 1. The van der Waals surface area contributed by atoms with Gasteiger partial charge in [0.15, 0.2) is 22.3 Å². The molecule has 7 atom stereocenters. The van der Waals surface area contributed by atoms with E-state index in [0.717, 1.165) is 0 Å². The van der Waals surface area contributed by atoms with Crippen molar-refractivity contribution in [3.8, 4) is 0 Å². The summed E-state index contributed by atoms with van der Waals surface area (Å²) in [7, 11) is -4.68. The highest BCUT2D eigenvalue weighted by Crippen LogP contribution is 2.45. The van der Waals surface area contributed by atoms with Gasteiger partial charge in [-0.3, -0.25) is 37.7 Å². The third-order valence-electron chi connectivity index (χ3n) is 6.73. The van der Waals surface area contributed by atoms with E-state index in [2.05, 4.69) is 29.9 Å². The second kappa shape index (κ2) is 10.3. The number of rotatable bonds is 8. The minimum Gasteiger partial charge on any atom is -0.390 e. The van der Waals surface area contributed by atoms with Gasteiger partial charge in [-0.05, 0) is 0 Å². The zero-order valence-corrected chi connectivity index (χ0v) is 21.8. The second-order valence-corrected chi connectivity index (χ2v) is 10.9. The lowest BCUT2D eigenvalue weighted by Gasteiger charge is -2.20. The molecule has 0 radical (unpaired) electrons. The SMILES string of the molecule is Nc1nc2c(ncn2C2CC(O)[C@@H](COP(=O)(O)OC[C@H]3O[C@@H](n4cnc5c(=O)[nH]c(N)nc54)CC3O)O2)c(=O)[nH]1. The Morgan fingerprint density at radius 2 is 1.29 bits per heavy atom. The maximum Gasteiger partial charge on any atom is 0.472 e. The van der Waals surface area contributed by atoms with Crippen LogP contribution in [0.15, 0.2) is 22.2 Å². The van der Waals surface area contributed by atoms with Crippen molar-refractivity contribution in [2.75, 3.05) is 24.7 Å². The first-order valence-corrected chi connectivity index (χ1v) is 13.7. The van der Waals surface area contributed by atoms with Gasteiger partial charge in [-0.15, -0.1) is 0 Å². The van der Waals surface area contributed by atoms with Crippen molar-refractivity contribution >= 4 is 42.0 Å². The Hall–Kier alpha value is -3.75. The molecule has 2 aliphatic heterocycles. The van der Waals surface area contributed by atoms with Crippen molar-refractivity contribution in [2.45, 2.75) is 49.7 Å². The van der Waals surface area contributed by atoms with E-state index in [-0.39, 0.29) is 47.1 Å².